The summed E-state index contributed by atoms with van der Waals surface area (Å²) in [5.41, 5.74) is 2.45. The zero-order valence-corrected chi connectivity index (χ0v) is 18.3. The molecule has 2 unspecified atom stereocenters. The van der Waals surface area contributed by atoms with E-state index >= 15 is 0 Å². The van der Waals surface area contributed by atoms with E-state index in [1.165, 1.54) is 4.31 Å². The van der Waals surface area contributed by atoms with Gasteiger partial charge in [0.2, 0.25) is 0 Å². The minimum absolute atomic E-state index is 0.0161. The van der Waals surface area contributed by atoms with E-state index in [4.69, 9.17) is 9.84 Å². The summed E-state index contributed by atoms with van der Waals surface area (Å²) in [7, 11) is 0. The van der Waals surface area contributed by atoms with Gasteiger partial charge in [0.05, 0.1) is 12.3 Å². The van der Waals surface area contributed by atoms with Crippen LogP contribution in [0.5, 0.6) is 0 Å². The Hall–Kier alpha value is -2.22. The van der Waals surface area contributed by atoms with Crippen LogP contribution >= 0.6 is 0 Å². The third kappa shape index (κ3) is 6.13. The maximum absolute atomic E-state index is 12.7. The van der Waals surface area contributed by atoms with Crippen molar-refractivity contribution in [1.82, 2.24) is 0 Å². The lowest BCUT2D eigenvalue weighted by Gasteiger charge is -2.33. The minimum atomic E-state index is -2.40. The number of benzene rings is 2. The van der Waals surface area contributed by atoms with Gasteiger partial charge in [-0.3, -0.25) is 8.86 Å². The molecule has 0 saturated heterocycles. The summed E-state index contributed by atoms with van der Waals surface area (Å²) in [5.74, 6) is -0.787. The van der Waals surface area contributed by atoms with Crippen molar-refractivity contribution in [2.24, 2.45) is 5.92 Å². The molecule has 0 bridgehead atoms. The Bertz CT molecular complexity index is 841. The zero-order chi connectivity index (χ0) is 21.8. The van der Waals surface area contributed by atoms with E-state index in [0.717, 1.165) is 16.7 Å². The molecule has 158 valence electrons. The number of ether oxygens (including phenoxy) is 1. The van der Waals surface area contributed by atoms with Crippen LogP contribution in [-0.2, 0) is 27.4 Å². The molecule has 6 nitrogen and oxygen atoms in total. The second-order valence-electron chi connectivity index (χ2n) is 8.18. The first kappa shape index (κ1) is 23.1. The van der Waals surface area contributed by atoms with E-state index in [1.807, 2.05) is 50.2 Å². The number of hydrogen-bond acceptors (Lipinski definition) is 4. The molecule has 0 aromatic heterocycles. The molecular weight excluding hydrogens is 390 g/mol. The van der Waals surface area contributed by atoms with Crippen molar-refractivity contribution in [3.8, 4) is 11.1 Å². The van der Waals surface area contributed by atoms with E-state index in [-0.39, 0.29) is 12.5 Å². The standard InChI is InChI=1S/C22H29NO5S/c1-15(2)20(21(25)28-22(3,4)5)23(29(26)27)19-12-10-18(11-13-19)17-8-6-16(14-24)7-9-17/h6-13,15,20,24H,14H2,1-5H3,(H,26,27). The highest BCUT2D eigenvalue weighted by Gasteiger charge is 2.36. The second kappa shape index (κ2) is 9.52. The molecule has 0 aliphatic heterocycles. The van der Waals surface area contributed by atoms with E-state index in [0.29, 0.717) is 5.69 Å². The number of rotatable bonds is 7. The van der Waals surface area contributed by atoms with Gasteiger partial charge in [-0.05, 0) is 55.5 Å². The van der Waals surface area contributed by atoms with E-state index < -0.39 is 28.9 Å². The summed E-state index contributed by atoms with van der Waals surface area (Å²) in [6, 6.07) is 13.7. The minimum Gasteiger partial charge on any atom is -0.458 e. The molecule has 0 saturated carbocycles. The normalized spacial score (nSPS) is 13.8. The predicted molar refractivity (Wildman–Crippen MR) is 116 cm³/mol. The molecule has 0 amide bonds. The van der Waals surface area contributed by atoms with Crippen LogP contribution in [0.3, 0.4) is 0 Å². The number of aliphatic hydroxyl groups is 1. The third-order valence-electron chi connectivity index (χ3n) is 4.29. The van der Waals surface area contributed by atoms with Crippen LogP contribution in [0.4, 0.5) is 5.69 Å². The average molecular weight is 420 g/mol. The number of nitrogens with zero attached hydrogens (tertiary/aromatic N) is 1. The van der Waals surface area contributed by atoms with Gasteiger partial charge in [0.25, 0.3) is 11.3 Å². The van der Waals surface area contributed by atoms with E-state index in [1.54, 1.807) is 32.9 Å². The molecule has 2 aromatic carbocycles. The number of carbonyl (C=O) groups is 1. The first-order valence-electron chi connectivity index (χ1n) is 9.47. The molecule has 0 aliphatic carbocycles. The van der Waals surface area contributed by atoms with E-state index in [2.05, 4.69) is 0 Å². The number of anilines is 1. The lowest BCUT2D eigenvalue weighted by Crippen LogP contribution is -2.48. The van der Waals surface area contributed by atoms with Gasteiger partial charge in [0.1, 0.15) is 11.6 Å². The quantitative estimate of drug-likeness (QED) is 0.520. The topological polar surface area (TPSA) is 87.1 Å². The second-order valence-corrected chi connectivity index (χ2v) is 9.04. The SMILES string of the molecule is CC(C)C(C(=O)OC(C)(C)C)N(c1ccc(-c2ccc(CO)cc2)cc1)S(=O)O. The van der Waals surface area contributed by atoms with Crippen LogP contribution in [0.15, 0.2) is 48.5 Å². The Balaban J connectivity index is 2.35. The summed E-state index contributed by atoms with van der Waals surface area (Å²) in [6.45, 7) is 8.90. The number of aliphatic hydroxyl groups excluding tert-OH is 1. The predicted octanol–water partition coefficient (Wildman–Crippen LogP) is 4.16. The lowest BCUT2D eigenvalue weighted by molar-refractivity contribution is -0.157. The summed E-state index contributed by atoms with van der Waals surface area (Å²) >= 11 is -2.40. The zero-order valence-electron chi connectivity index (χ0n) is 17.5. The molecule has 2 N–H and O–H groups in total. The lowest BCUT2D eigenvalue weighted by atomic mass is 10.0. The highest BCUT2D eigenvalue weighted by atomic mass is 32.2. The van der Waals surface area contributed by atoms with Gasteiger partial charge in [0, 0.05) is 0 Å². The van der Waals surface area contributed by atoms with Gasteiger partial charge in [-0.25, -0.2) is 9.00 Å². The highest BCUT2D eigenvalue weighted by molar-refractivity contribution is 7.80. The molecule has 2 rings (SSSR count). The fraction of sp³-hybridized carbons (Fsp3) is 0.409. The Morgan fingerprint density at radius 3 is 1.90 bits per heavy atom. The maximum atomic E-state index is 12.7. The van der Waals surface area contributed by atoms with E-state index in [9.17, 15) is 13.6 Å². The van der Waals surface area contributed by atoms with Crippen LogP contribution in [-0.4, -0.2) is 31.5 Å². The number of hydrogen-bond donors (Lipinski definition) is 2. The molecular formula is C22H29NO5S. The average Bonchev–Trinajstić information content (AvgIpc) is 2.64. The number of esters is 1. The van der Waals surface area contributed by atoms with Crippen molar-refractivity contribution in [2.45, 2.75) is 52.9 Å². The monoisotopic (exact) mass is 419 g/mol. The van der Waals surface area contributed by atoms with Gasteiger partial charge in [-0.1, -0.05) is 50.2 Å². The third-order valence-corrected chi connectivity index (χ3v) is 5.07. The van der Waals surface area contributed by atoms with Crippen molar-refractivity contribution in [3.05, 3.63) is 54.1 Å². The Kier molecular flexibility index (Phi) is 7.57. The van der Waals surface area contributed by atoms with Crippen molar-refractivity contribution < 1.29 is 23.4 Å². The Morgan fingerprint density at radius 1 is 1.03 bits per heavy atom. The molecule has 2 aromatic rings. The van der Waals surface area contributed by atoms with Crippen LogP contribution < -0.4 is 4.31 Å². The smallest absolute Gasteiger partial charge is 0.330 e. The molecule has 0 heterocycles. The molecule has 0 aliphatic rings. The molecule has 7 heteroatoms. The Labute approximate surface area is 174 Å². The van der Waals surface area contributed by atoms with Crippen LogP contribution in [0.25, 0.3) is 11.1 Å². The first-order chi connectivity index (χ1) is 13.5. The van der Waals surface area contributed by atoms with Crippen LogP contribution in [0, 0.1) is 5.92 Å². The van der Waals surface area contributed by atoms with Gasteiger partial charge >= 0.3 is 5.97 Å². The van der Waals surface area contributed by atoms with Gasteiger partial charge in [0.15, 0.2) is 0 Å². The summed E-state index contributed by atoms with van der Waals surface area (Å²) in [4.78, 5) is 12.7. The fourth-order valence-corrected chi connectivity index (χ4v) is 3.78. The molecule has 0 radical (unpaired) electrons. The largest absolute Gasteiger partial charge is 0.458 e. The van der Waals surface area contributed by atoms with Crippen LogP contribution in [0.1, 0.15) is 40.2 Å². The fourth-order valence-electron chi connectivity index (χ4n) is 2.95. The van der Waals surface area contributed by atoms with Crippen molar-refractivity contribution in [2.75, 3.05) is 4.31 Å². The Morgan fingerprint density at radius 2 is 1.52 bits per heavy atom. The van der Waals surface area contributed by atoms with Crippen molar-refractivity contribution in [3.63, 3.8) is 0 Å². The van der Waals surface area contributed by atoms with Gasteiger partial charge in [-0.15, -0.1) is 0 Å². The summed E-state index contributed by atoms with van der Waals surface area (Å²) < 4.78 is 28.7. The summed E-state index contributed by atoms with van der Waals surface area (Å²) in [5, 5.41) is 9.16. The maximum Gasteiger partial charge on any atom is 0.330 e. The first-order valence-corrected chi connectivity index (χ1v) is 10.5. The summed E-state index contributed by atoms with van der Waals surface area (Å²) in [6.07, 6.45) is 0. The van der Waals surface area contributed by atoms with Crippen molar-refractivity contribution >= 4 is 22.9 Å². The van der Waals surface area contributed by atoms with Crippen LogP contribution in [0.2, 0.25) is 0 Å². The molecule has 0 spiro atoms. The number of carbonyl (C=O) groups excluding carboxylic acids is 1. The molecule has 2 atom stereocenters. The highest BCUT2D eigenvalue weighted by Crippen LogP contribution is 2.28. The molecule has 29 heavy (non-hydrogen) atoms. The van der Waals surface area contributed by atoms with Gasteiger partial charge in [-0.2, -0.15) is 0 Å². The molecule has 0 fully saturated rings. The van der Waals surface area contributed by atoms with Crippen molar-refractivity contribution in [1.29, 1.82) is 0 Å². The van der Waals surface area contributed by atoms with Gasteiger partial charge < -0.3 is 9.84 Å².